The lowest BCUT2D eigenvalue weighted by Gasteiger charge is -2.13. The average Bonchev–Trinajstić information content (AvgIpc) is 3.38. The van der Waals surface area contributed by atoms with Gasteiger partial charge < -0.3 is 23.8 Å². The maximum atomic E-state index is 13.0. The maximum absolute atomic E-state index is 13.0. The third kappa shape index (κ3) is 4.44. The van der Waals surface area contributed by atoms with Crippen LogP contribution in [0, 0.1) is 5.92 Å². The number of benzene rings is 2. The van der Waals surface area contributed by atoms with Crippen LogP contribution in [-0.2, 0) is 17.8 Å². The predicted molar refractivity (Wildman–Crippen MR) is 122 cm³/mol. The number of carbonyl (C=O) groups excluding carboxylic acids is 1. The first-order valence-electron chi connectivity index (χ1n) is 10.4. The lowest BCUT2D eigenvalue weighted by atomic mass is 10.1. The van der Waals surface area contributed by atoms with E-state index in [1.807, 2.05) is 34.9 Å². The highest BCUT2D eigenvalue weighted by molar-refractivity contribution is 5.94. The molecular weight excluding hydrogens is 408 g/mol. The summed E-state index contributed by atoms with van der Waals surface area (Å²) in [6, 6.07) is 15.0. The van der Waals surface area contributed by atoms with Crippen LogP contribution in [0.15, 0.2) is 52.9 Å². The van der Waals surface area contributed by atoms with Crippen LogP contribution in [0.25, 0.3) is 22.5 Å². The highest BCUT2D eigenvalue weighted by atomic mass is 16.5. The molecule has 2 aromatic carbocycles. The molecule has 8 heteroatoms. The second kappa shape index (κ2) is 9.13. The van der Waals surface area contributed by atoms with Gasteiger partial charge >= 0.3 is 0 Å². The van der Waals surface area contributed by atoms with Gasteiger partial charge in [-0.25, -0.2) is 0 Å². The zero-order chi connectivity index (χ0) is 22.7. The molecule has 2 heterocycles. The van der Waals surface area contributed by atoms with Crippen LogP contribution in [0.3, 0.4) is 0 Å². The van der Waals surface area contributed by atoms with Crippen molar-refractivity contribution in [3.05, 3.63) is 54.4 Å². The van der Waals surface area contributed by atoms with Gasteiger partial charge in [-0.3, -0.25) is 4.79 Å². The third-order valence-electron chi connectivity index (χ3n) is 5.06. The number of fused-ring (bicyclic) bond motifs is 1. The summed E-state index contributed by atoms with van der Waals surface area (Å²) >= 11 is 0. The fourth-order valence-corrected chi connectivity index (χ4v) is 3.58. The normalized spacial score (nSPS) is 11.2. The topological polar surface area (TPSA) is 91.4 Å². The van der Waals surface area contributed by atoms with E-state index in [1.54, 1.807) is 32.4 Å². The molecule has 0 fully saturated rings. The van der Waals surface area contributed by atoms with Crippen LogP contribution in [0.4, 0.5) is 5.69 Å². The Labute approximate surface area is 186 Å². The van der Waals surface area contributed by atoms with Gasteiger partial charge in [0.05, 0.1) is 19.9 Å². The summed E-state index contributed by atoms with van der Waals surface area (Å²) in [6.07, 6.45) is 0.699. The first kappa shape index (κ1) is 21.4. The largest absolute Gasteiger partial charge is 0.497 e. The minimum atomic E-state index is -0.210. The van der Waals surface area contributed by atoms with E-state index in [0.29, 0.717) is 47.0 Å². The molecule has 0 aliphatic heterocycles. The van der Waals surface area contributed by atoms with Crippen LogP contribution in [0.2, 0.25) is 0 Å². The lowest BCUT2D eigenvalue weighted by Crippen LogP contribution is -2.19. The van der Waals surface area contributed by atoms with Crippen molar-refractivity contribution >= 4 is 22.5 Å². The number of ether oxygens (including phenoxy) is 2. The zero-order valence-corrected chi connectivity index (χ0v) is 18.6. The monoisotopic (exact) mass is 434 g/mol. The van der Waals surface area contributed by atoms with E-state index in [-0.39, 0.29) is 12.5 Å². The van der Waals surface area contributed by atoms with E-state index in [4.69, 9.17) is 13.9 Å². The summed E-state index contributed by atoms with van der Waals surface area (Å²) in [4.78, 5) is 13.0. The Bertz CT molecular complexity index is 1240. The Morgan fingerprint density at radius 1 is 1.09 bits per heavy atom. The smallest absolute Gasteiger partial charge is 0.264 e. The Kier molecular flexibility index (Phi) is 6.11. The first-order chi connectivity index (χ1) is 15.5. The second-order valence-corrected chi connectivity index (χ2v) is 7.89. The van der Waals surface area contributed by atoms with Crippen molar-refractivity contribution < 1.29 is 18.7 Å². The Balaban J connectivity index is 1.65. The molecule has 1 amide bonds. The number of amides is 1. The molecule has 2 aromatic heterocycles. The molecule has 32 heavy (non-hydrogen) atoms. The number of carbonyl (C=O) groups is 1. The van der Waals surface area contributed by atoms with Crippen molar-refractivity contribution in [2.75, 3.05) is 19.5 Å². The summed E-state index contributed by atoms with van der Waals surface area (Å²) in [7, 11) is 3.13. The number of hydrogen-bond acceptors (Lipinski definition) is 6. The molecule has 0 aliphatic carbocycles. The predicted octanol–water partition coefficient (Wildman–Crippen LogP) is 4.55. The minimum Gasteiger partial charge on any atom is -0.497 e. The van der Waals surface area contributed by atoms with Crippen molar-refractivity contribution in [3.8, 4) is 23.1 Å². The molecule has 0 aliphatic rings. The first-order valence-corrected chi connectivity index (χ1v) is 10.4. The molecule has 0 saturated heterocycles. The van der Waals surface area contributed by atoms with E-state index < -0.39 is 0 Å². The van der Waals surface area contributed by atoms with Gasteiger partial charge in [-0.1, -0.05) is 32.0 Å². The molecule has 0 saturated carbocycles. The number of rotatable bonds is 8. The van der Waals surface area contributed by atoms with E-state index in [2.05, 4.69) is 29.4 Å². The number of anilines is 1. The lowest BCUT2D eigenvalue weighted by molar-refractivity contribution is -0.116. The summed E-state index contributed by atoms with van der Waals surface area (Å²) in [6.45, 7) is 4.26. The van der Waals surface area contributed by atoms with E-state index in [1.165, 1.54) is 0 Å². The summed E-state index contributed by atoms with van der Waals surface area (Å²) in [5, 5.41) is 12.3. The molecule has 166 valence electrons. The molecule has 0 radical (unpaired) electrons. The number of nitrogens with one attached hydrogen (secondary N) is 1. The molecule has 0 bridgehead atoms. The van der Waals surface area contributed by atoms with Gasteiger partial charge in [0.1, 0.15) is 23.7 Å². The van der Waals surface area contributed by atoms with Gasteiger partial charge in [-0.15, -0.1) is 10.2 Å². The van der Waals surface area contributed by atoms with Crippen molar-refractivity contribution in [2.45, 2.75) is 26.8 Å². The molecule has 1 N–H and O–H groups in total. The molecule has 0 spiro atoms. The van der Waals surface area contributed by atoms with Crippen molar-refractivity contribution in [1.29, 1.82) is 0 Å². The van der Waals surface area contributed by atoms with Gasteiger partial charge in [0.2, 0.25) is 11.8 Å². The second-order valence-electron chi connectivity index (χ2n) is 7.89. The average molecular weight is 434 g/mol. The van der Waals surface area contributed by atoms with Crippen LogP contribution in [-0.4, -0.2) is 34.9 Å². The van der Waals surface area contributed by atoms with E-state index >= 15 is 0 Å². The van der Waals surface area contributed by atoms with Crippen molar-refractivity contribution in [2.24, 2.45) is 5.92 Å². The standard InChI is InChI=1S/C24H26N4O4/c1-15(2)11-23-26-27-24(32-23)20-12-16-7-5-6-8-19(16)28(20)14-22(29)25-18-10-9-17(30-3)13-21(18)31-4/h5-10,12-13,15H,11,14H2,1-4H3,(H,25,29). The number of aromatic nitrogens is 3. The van der Waals surface area contributed by atoms with Crippen LogP contribution < -0.4 is 14.8 Å². The van der Waals surface area contributed by atoms with Crippen molar-refractivity contribution in [1.82, 2.24) is 14.8 Å². The number of nitrogens with zero attached hydrogens (tertiary/aromatic N) is 3. The van der Waals surface area contributed by atoms with Gasteiger partial charge in [-0.05, 0) is 30.2 Å². The molecule has 4 aromatic rings. The highest BCUT2D eigenvalue weighted by Gasteiger charge is 2.19. The van der Waals surface area contributed by atoms with E-state index in [9.17, 15) is 4.79 Å². The molecular formula is C24H26N4O4. The zero-order valence-electron chi connectivity index (χ0n) is 18.6. The Morgan fingerprint density at radius 2 is 1.91 bits per heavy atom. The SMILES string of the molecule is COc1ccc(NC(=O)Cn2c(-c3nnc(CC(C)C)o3)cc3ccccc32)c(OC)c1. The van der Waals surface area contributed by atoms with Gasteiger partial charge in [0, 0.05) is 23.4 Å². The fraction of sp³-hybridized carbons (Fsp3) is 0.292. The van der Waals surface area contributed by atoms with Gasteiger partial charge in [0.25, 0.3) is 5.89 Å². The highest BCUT2D eigenvalue weighted by Crippen LogP contribution is 2.30. The van der Waals surface area contributed by atoms with Crippen LogP contribution in [0.1, 0.15) is 19.7 Å². The summed E-state index contributed by atoms with van der Waals surface area (Å²) in [5.41, 5.74) is 2.17. The number of methoxy groups -OCH3 is 2. The maximum Gasteiger partial charge on any atom is 0.264 e. The molecule has 0 atom stereocenters. The van der Waals surface area contributed by atoms with E-state index in [0.717, 1.165) is 10.9 Å². The van der Waals surface area contributed by atoms with Gasteiger partial charge in [-0.2, -0.15) is 0 Å². The summed E-state index contributed by atoms with van der Waals surface area (Å²) < 4.78 is 18.4. The van der Waals surface area contributed by atoms with Crippen LogP contribution in [0.5, 0.6) is 11.5 Å². The quantitative estimate of drug-likeness (QED) is 0.438. The Hall–Kier alpha value is -3.81. The Morgan fingerprint density at radius 3 is 2.66 bits per heavy atom. The third-order valence-corrected chi connectivity index (χ3v) is 5.06. The molecule has 8 nitrogen and oxygen atoms in total. The molecule has 4 rings (SSSR count). The molecule has 0 unspecified atom stereocenters. The summed E-state index contributed by atoms with van der Waals surface area (Å²) in [5.74, 6) is 2.33. The number of para-hydroxylation sites is 1. The van der Waals surface area contributed by atoms with Gasteiger partial charge in [0.15, 0.2) is 0 Å². The minimum absolute atomic E-state index is 0.0694. The number of hydrogen-bond donors (Lipinski definition) is 1. The van der Waals surface area contributed by atoms with Crippen molar-refractivity contribution in [3.63, 3.8) is 0 Å². The fourth-order valence-electron chi connectivity index (χ4n) is 3.58. The van der Waals surface area contributed by atoms with Crippen LogP contribution >= 0.6 is 0 Å².